The molecule has 5 atom stereocenters. The van der Waals surface area contributed by atoms with E-state index in [1.165, 1.54) is 13.8 Å². The van der Waals surface area contributed by atoms with E-state index >= 15 is 0 Å². The minimum absolute atomic E-state index is 0.0798. The van der Waals surface area contributed by atoms with Crippen LogP contribution < -0.4 is 0 Å². The standard InChI is InChI=1S/C32H34O8/c1-21(33)36-26(27-28(37-22(2)34)29-30(38-27)40-31(3,4)39-29)20-35-32(23-14-8-5-9-15-23,24-16-10-6-11-17-24)25-18-12-7-13-19-25/h5-19,26-30H,20H2,1-4H3/t26?,27-,28+,29-,30-/m1/s1. The lowest BCUT2D eigenvalue weighted by Crippen LogP contribution is -2.48. The van der Waals surface area contributed by atoms with E-state index in [2.05, 4.69) is 0 Å². The highest BCUT2D eigenvalue weighted by Gasteiger charge is 2.59. The summed E-state index contributed by atoms with van der Waals surface area (Å²) in [7, 11) is 0. The SMILES string of the molecule is CC(=O)OC(COC(c1ccccc1)(c1ccccc1)c1ccccc1)[C@H]1O[C@@H]2OC(C)(C)O[C@@H]2[C@H]1OC(C)=O. The molecule has 0 radical (unpaired) electrons. The summed E-state index contributed by atoms with van der Waals surface area (Å²) in [5, 5.41) is 0. The molecule has 5 rings (SSSR count). The van der Waals surface area contributed by atoms with Gasteiger partial charge in [0.1, 0.15) is 11.7 Å². The van der Waals surface area contributed by atoms with Gasteiger partial charge in [0.15, 0.2) is 30.4 Å². The van der Waals surface area contributed by atoms with Crippen molar-refractivity contribution in [2.24, 2.45) is 0 Å². The third-order valence-corrected chi connectivity index (χ3v) is 7.02. The van der Waals surface area contributed by atoms with E-state index in [1.54, 1.807) is 13.8 Å². The molecule has 0 N–H and O–H groups in total. The van der Waals surface area contributed by atoms with E-state index in [4.69, 9.17) is 28.4 Å². The van der Waals surface area contributed by atoms with E-state index in [0.29, 0.717) is 0 Å². The fraction of sp³-hybridized carbons (Fsp3) is 0.375. The van der Waals surface area contributed by atoms with Crippen LogP contribution in [0.1, 0.15) is 44.4 Å². The predicted octanol–water partition coefficient (Wildman–Crippen LogP) is 4.73. The van der Waals surface area contributed by atoms with Gasteiger partial charge >= 0.3 is 11.9 Å². The van der Waals surface area contributed by atoms with Gasteiger partial charge in [-0.15, -0.1) is 0 Å². The second kappa shape index (κ2) is 11.5. The molecule has 0 aromatic heterocycles. The Bertz CT molecular complexity index is 1200. The summed E-state index contributed by atoms with van der Waals surface area (Å²) < 4.78 is 36.5. The van der Waals surface area contributed by atoms with Crippen LogP contribution in [0.3, 0.4) is 0 Å². The number of ether oxygens (including phenoxy) is 6. The minimum atomic E-state index is -1.05. The molecule has 0 saturated carbocycles. The van der Waals surface area contributed by atoms with Crippen molar-refractivity contribution in [2.45, 2.75) is 69.8 Å². The van der Waals surface area contributed by atoms with E-state index in [9.17, 15) is 9.59 Å². The molecule has 0 spiro atoms. The Kier molecular flexibility index (Phi) is 8.05. The van der Waals surface area contributed by atoms with Crippen molar-refractivity contribution in [1.82, 2.24) is 0 Å². The lowest BCUT2D eigenvalue weighted by atomic mass is 9.80. The number of rotatable bonds is 9. The van der Waals surface area contributed by atoms with Gasteiger partial charge in [-0.05, 0) is 30.5 Å². The second-order valence-corrected chi connectivity index (χ2v) is 10.4. The Labute approximate surface area is 234 Å². The van der Waals surface area contributed by atoms with Crippen molar-refractivity contribution >= 4 is 11.9 Å². The molecule has 1 unspecified atom stereocenters. The first-order valence-corrected chi connectivity index (χ1v) is 13.4. The molecular weight excluding hydrogens is 512 g/mol. The Morgan fingerprint density at radius 3 is 1.75 bits per heavy atom. The van der Waals surface area contributed by atoms with Crippen LogP contribution in [0.25, 0.3) is 0 Å². The van der Waals surface area contributed by atoms with E-state index in [-0.39, 0.29) is 6.61 Å². The van der Waals surface area contributed by atoms with Gasteiger partial charge in [0.05, 0.1) is 6.61 Å². The Hall–Kier alpha value is -3.56. The quantitative estimate of drug-likeness (QED) is 0.281. The van der Waals surface area contributed by atoms with Crippen LogP contribution >= 0.6 is 0 Å². The zero-order chi connectivity index (χ0) is 28.3. The van der Waals surface area contributed by atoms with Crippen molar-refractivity contribution in [3.8, 4) is 0 Å². The summed E-state index contributed by atoms with van der Waals surface area (Å²) in [5.74, 6) is -1.96. The molecule has 2 aliphatic heterocycles. The van der Waals surface area contributed by atoms with Gasteiger partial charge in [-0.2, -0.15) is 0 Å². The number of hydrogen-bond acceptors (Lipinski definition) is 8. The first-order valence-electron chi connectivity index (χ1n) is 13.4. The molecule has 210 valence electrons. The summed E-state index contributed by atoms with van der Waals surface area (Å²) in [6.07, 6.45) is -4.21. The van der Waals surface area contributed by atoms with Gasteiger partial charge < -0.3 is 28.4 Å². The summed E-state index contributed by atoms with van der Waals surface area (Å²) >= 11 is 0. The molecular formula is C32H34O8. The summed E-state index contributed by atoms with van der Waals surface area (Å²) in [6, 6.07) is 29.6. The highest BCUT2D eigenvalue weighted by molar-refractivity contribution is 5.67. The molecule has 0 bridgehead atoms. The smallest absolute Gasteiger partial charge is 0.303 e. The van der Waals surface area contributed by atoms with E-state index in [1.807, 2.05) is 91.0 Å². The Morgan fingerprint density at radius 2 is 1.30 bits per heavy atom. The van der Waals surface area contributed by atoms with Crippen LogP contribution in [-0.2, 0) is 43.6 Å². The van der Waals surface area contributed by atoms with Crippen LogP contribution in [0.15, 0.2) is 91.0 Å². The van der Waals surface area contributed by atoms with Crippen molar-refractivity contribution in [1.29, 1.82) is 0 Å². The van der Waals surface area contributed by atoms with Crippen LogP contribution in [0.5, 0.6) is 0 Å². The van der Waals surface area contributed by atoms with Crippen LogP contribution in [-0.4, -0.2) is 55.0 Å². The molecule has 2 saturated heterocycles. The number of benzene rings is 3. The third kappa shape index (κ3) is 5.67. The molecule has 2 heterocycles. The molecule has 2 fully saturated rings. The number of fused-ring (bicyclic) bond motifs is 1. The highest BCUT2D eigenvalue weighted by atomic mass is 16.8. The molecule has 8 nitrogen and oxygen atoms in total. The number of carbonyl (C=O) groups is 2. The summed E-state index contributed by atoms with van der Waals surface area (Å²) in [6.45, 7) is 6.07. The molecule has 8 heteroatoms. The molecule has 0 aliphatic carbocycles. The van der Waals surface area contributed by atoms with Crippen molar-refractivity contribution in [2.75, 3.05) is 6.61 Å². The maximum atomic E-state index is 12.3. The lowest BCUT2D eigenvalue weighted by molar-refractivity contribution is -0.236. The first-order chi connectivity index (χ1) is 19.2. The topological polar surface area (TPSA) is 89.5 Å². The predicted molar refractivity (Wildman–Crippen MR) is 145 cm³/mol. The first kappa shape index (κ1) is 28.0. The van der Waals surface area contributed by atoms with E-state index in [0.717, 1.165) is 16.7 Å². The average molecular weight is 547 g/mol. The van der Waals surface area contributed by atoms with Crippen LogP contribution in [0.4, 0.5) is 0 Å². The Balaban J connectivity index is 1.55. The fourth-order valence-electron chi connectivity index (χ4n) is 5.51. The maximum absolute atomic E-state index is 12.3. The van der Waals surface area contributed by atoms with Gasteiger partial charge in [-0.25, -0.2) is 0 Å². The minimum Gasteiger partial charge on any atom is -0.457 e. The van der Waals surface area contributed by atoms with Gasteiger partial charge in [0.2, 0.25) is 0 Å². The molecule has 2 aliphatic rings. The second-order valence-electron chi connectivity index (χ2n) is 10.4. The number of carbonyl (C=O) groups excluding carboxylic acids is 2. The molecule has 40 heavy (non-hydrogen) atoms. The summed E-state index contributed by atoms with van der Waals surface area (Å²) in [4.78, 5) is 24.4. The largest absolute Gasteiger partial charge is 0.457 e. The number of esters is 2. The molecule has 3 aromatic carbocycles. The van der Waals surface area contributed by atoms with Crippen LogP contribution in [0.2, 0.25) is 0 Å². The normalized spacial score (nSPS) is 24.2. The van der Waals surface area contributed by atoms with Crippen molar-refractivity contribution < 1.29 is 38.0 Å². The van der Waals surface area contributed by atoms with Crippen molar-refractivity contribution in [3.63, 3.8) is 0 Å². The lowest BCUT2D eigenvalue weighted by Gasteiger charge is -2.38. The Morgan fingerprint density at radius 1 is 0.800 bits per heavy atom. The maximum Gasteiger partial charge on any atom is 0.303 e. The molecule has 3 aromatic rings. The monoisotopic (exact) mass is 546 g/mol. The highest BCUT2D eigenvalue weighted by Crippen LogP contribution is 2.43. The zero-order valence-corrected chi connectivity index (χ0v) is 23.0. The van der Waals surface area contributed by atoms with Gasteiger partial charge in [-0.1, -0.05) is 91.0 Å². The van der Waals surface area contributed by atoms with Gasteiger partial charge in [0, 0.05) is 13.8 Å². The van der Waals surface area contributed by atoms with Crippen LogP contribution in [0, 0.1) is 0 Å². The summed E-state index contributed by atoms with van der Waals surface area (Å²) in [5.41, 5.74) is 1.62. The average Bonchev–Trinajstić information content (AvgIpc) is 3.41. The van der Waals surface area contributed by atoms with Crippen molar-refractivity contribution in [3.05, 3.63) is 108 Å². The van der Waals surface area contributed by atoms with E-state index < -0.39 is 54.0 Å². The molecule has 0 amide bonds. The zero-order valence-electron chi connectivity index (χ0n) is 23.0. The van der Waals surface area contributed by atoms with Gasteiger partial charge in [0.25, 0.3) is 0 Å². The number of hydrogen-bond donors (Lipinski definition) is 0. The third-order valence-electron chi connectivity index (χ3n) is 7.02. The fourth-order valence-corrected chi connectivity index (χ4v) is 5.51. The van der Waals surface area contributed by atoms with Gasteiger partial charge in [-0.3, -0.25) is 9.59 Å².